The number of fused-ring (bicyclic) bond motifs is 1. The maximum Gasteiger partial charge on any atom is 0.243 e. The number of rotatable bonds is 2. The van der Waals surface area contributed by atoms with E-state index >= 15 is 0 Å². The molecule has 0 spiro atoms. The molecule has 0 radical (unpaired) electrons. The topological polar surface area (TPSA) is 50.3 Å². The van der Waals surface area contributed by atoms with Crippen molar-refractivity contribution in [1.82, 2.24) is 9.29 Å². The fraction of sp³-hybridized carbons (Fsp3) is 0.400. The number of piperidine rings is 1. The van der Waals surface area contributed by atoms with E-state index in [4.69, 9.17) is 0 Å². The van der Waals surface area contributed by atoms with Crippen molar-refractivity contribution in [3.8, 4) is 0 Å². The van der Waals surface area contributed by atoms with E-state index in [0.29, 0.717) is 23.9 Å². The van der Waals surface area contributed by atoms with Crippen molar-refractivity contribution in [3.05, 3.63) is 36.5 Å². The Balaban J connectivity index is 1.96. The van der Waals surface area contributed by atoms with Gasteiger partial charge in [0.15, 0.2) is 0 Å². The first-order valence-electron chi connectivity index (χ1n) is 6.92. The van der Waals surface area contributed by atoms with Gasteiger partial charge < -0.3 is 0 Å². The molecule has 0 atom stereocenters. The number of pyridine rings is 1. The average Bonchev–Trinajstić information content (AvgIpc) is 2.47. The third-order valence-electron chi connectivity index (χ3n) is 3.95. The van der Waals surface area contributed by atoms with Gasteiger partial charge in [-0.3, -0.25) is 4.98 Å². The normalized spacial score (nSPS) is 18.4. The Morgan fingerprint density at radius 1 is 1.20 bits per heavy atom. The summed E-state index contributed by atoms with van der Waals surface area (Å²) in [5.74, 6) is 0.613. The Morgan fingerprint density at radius 2 is 1.95 bits per heavy atom. The van der Waals surface area contributed by atoms with E-state index in [2.05, 4.69) is 11.9 Å². The molecule has 0 N–H and O–H groups in total. The molecule has 3 rings (SSSR count). The third kappa shape index (κ3) is 2.43. The minimum absolute atomic E-state index is 0.368. The van der Waals surface area contributed by atoms with Crippen molar-refractivity contribution < 1.29 is 8.42 Å². The second-order valence-electron chi connectivity index (χ2n) is 5.44. The molecule has 1 aliphatic heterocycles. The van der Waals surface area contributed by atoms with E-state index in [0.717, 1.165) is 23.7 Å². The van der Waals surface area contributed by atoms with E-state index < -0.39 is 10.0 Å². The number of aromatic nitrogens is 1. The summed E-state index contributed by atoms with van der Waals surface area (Å²) in [7, 11) is -3.37. The summed E-state index contributed by atoms with van der Waals surface area (Å²) in [4.78, 5) is 4.59. The zero-order valence-electron chi connectivity index (χ0n) is 11.5. The molecule has 0 bridgehead atoms. The first-order valence-corrected chi connectivity index (χ1v) is 8.36. The van der Waals surface area contributed by atoms with Gasteiger partial charge in [0.1, 0.15) is 0 Å². The standard InChI is InChI=1S/C15H18N2O2S/c1-12-6-9-17(10-7-12)20(18,19)14-4-5-15-13(11-14)3-2-8-16-15/h2-5,8,11-12H,6-7,9-10H2,1H3. The highest BCUT2D eigenvalue weighted by Crippen LogP contribution is 2.25. The number of hydrogen-bond donors (Lipinski definition) is 0. The van der Waals surface area contributed by atoms with Crippen LogP contribution in [0.5, 0.6) is 0 Å². The molecule has 1 aromatic heterocycles. The van der Waals surface area contributed by atoms with Crippen molar-refractivity contribution in [2.75, 3.05) is 13.1 Å². The molecular weight excluding hydrogens is 272 g/mol. The number of nitrogens with zero attached hydrogens (tertiary/aromatic N) is 2. The van der Waals surface area contributed by atoms with Crippen LogP contribution in [-0.2, 0) is 10.0 Å². The van der Waals surface area contributed by atoms with Crippen molar-refractivity contribution in [2.45, 2.75) is 24.7 Å². The van der Waals surface area contributed by atoms with Crippen LogP contribution in [-0.4, -0.2) is 30.8 Å². The molecule has 106 valence electrons. The van der Waals surface area contributed by atoms with Crippen LogP contribution < -0.4 is 0 Å². The van der Waals surface area contributed by atoms with Gasteiger partial charge in [0, 0.05) is 24.7 Å². The lowest BCUT2D eigenvalue weighted by Gasteiger charge is -2.29. The minimum atomic E-state index is -3.37. The molecule has 2 aromatic rings. The van der Waals surface area contributed by atoms with Gasteiger partial charge in [0.25, 0.3) is 0 Å². The maximum absolute atomic E-state index is 12.6. The van der Waals surface area contributed by atoms with Gasteiger partial charge in [-0.05, 0) is 43.0 Å². The fourth-order valence-corrected chi connectivity index (χ4v) is 4.09. The first kappa shape index (κ1) is 13.5. The molecule has 1 fully saturated rings. The smallest absolute Gasteiger partial charge is 0.243 e. The molecule has 0 amide bonds. The van der Waals surface area contributed by atoms with Crippen molar-refractivity contribution >= 4 is 20.9 Å². The Bertz CT molecular complexity index is 719. The molecule has 1 aromatic carbocycles. The summed E-state index contributed by atoms with van der Waals surface area (Å²) in [5, 5.41) is 0.860. The largest absolute Gasteiger partial charge is 0.256 e. The average molecular weight is 290 g/mol. The lowest BCUT2D eigenvalue weighted by molar-refractivity contribution is 0.288. The molecule has 1 saturated heterocycles. The van der Waals surface area contributed by atoms with Crippen molar-refractivity contribution in [2.24, 2.45) is 5.92 Å². The summed E-state index contributed by atoms with van der Waals surface area (Å²) in [6, 6.07) is 8.86. The second-order valence-corrected chi connectivity index (χ2v) is 7.38. The van der Waals surface area contributed by atoms with Crippen LogP contribution >= 0.6 is 0 Å². The molecule has 1 aliphatic rings. The van der Waals surface area contributed by atoms with E-state index in [1.54, 1.807) is 28.7 Å². The Morgan fingerprint density at radius 3 is 2.70 bits per heavy atom. The van der Waals surface area contributed by atoms with Gasteiger partial charge in [-0.2, -0.15) is 4.31 Å². The van der Waals surface area contributed by atoms with Crippen LogP contribution in [0.3, 0.4) is 0 Å². The molecule has 0 saturated carbocycles. The van der Waals surface area contributed by atoms with Gasteiger partial charge in [0.05, 0.1) is 10.4 Å². The highest BCUT2D eigenvalue weighted by Gasteiger charge is 2.28. The Kier molecular flexibility index (Phi) is 3.48. The van der Waals surface area contributed by atoms with Gasteiger partial charge in [-0.1, -0.05) is 13.0 Å². The molecule has 20 heavy (non-hydrogen) atoms. The summed E-state index contributed by atoms with van der Waals surface area (Å²) in [6.45, 7) is 3.41. The van der Waals surface area contributed by atoms with E-state index in [1.165, 1.54) is 0 Å². The fourth-order valence-electron chi connectivity index (χ4n) is 2.59. The Hall–Kier alpha value is -1.46. The summed E-state index contributed by atoms with van der Waals surface area (Å²) in [6.07, 6.45) is 3.59. The summed E-state index contributed by atoms with van der Waals surface area (Å²) in [5.41, 5.74) is 0.818. The third-order valence-corrected chi connectivity index (χ3v) is 5.85. The van der Waals surface area contributed by atoms with Crippen LogP contribution in [0.2, 0.25) is 0 Å². The first-order chi connectivity index (χ1) is 9.57. The van der Waals surface area contributed by atoms with E-state index in [-0.39, 0.29) is 0 Å². The molecular formula is C15H18N2O2S. The quantitative estimate of drug-likeness (QED) is 0.854. The highest BCUT2D eigenvalue weighted by molar-refractivity contribution is 7.89. The molecule has 2 heterocycles. The monoisotopic (exact) mass is 290 g/mol. The molecule has 0 unspecified atom stereocenters. The number of hydrogen-bond acceptors (Lipinski definition) is 3. The highest BCUT2D eigenvalue weighted by atomic mass is 32.2. The zero-order valence-corrected chi connectivity index (χ0v) is 12.3. The molecule has 0 aliphatic carbocycles. The lowest BCUT2D eigenvalue weighted by atomic mass is 10.0. The van der Waals surface area contributed by atoms with E-state index in [9.17, 15) is 8.42 Å². The van der Waals surface area contributed by atoms with Crippen LogP contribution in [0.4, 0.5) is 0 Å². The minimum Gasteiger partial charge on any atom is -0.256 e. The van der Waals surface area contributed by atoms with Crippen LogP contribution in [0.15, 0.2) is 41.4 Å². The Labute approximate surface area is 119 Å². The number of sulfonamides is 1. The SMILES string of the molecule is CC1CCN(S(=O)(=O)c2ccc3ncccc3c2)CC1. The maximum atomic E-state index is 12.6. The van der Waals surface area contributed by atoms with E-state index in [1.807, 2.05) is 12.1 Å². The zero-order chi connectivity index (χ0) is 14.2. The van der Waals surface area contributed by atoms with Gasteiger partial charge in [-0.15, -0.1) is 0 Å². The summed E-state index contributed by atoms with van der Waals surface area (Å²) >= 11 is 0. The predicted molar refractivity (Wildman–Crippen MR) is 78.9 cm³/mol. The second kappa shape index (κ2) is 5.14. The van der Waals surface area contributed by atoms with Gasteiger partial charge in [-0.25, -0.2) is 8.42 Å². The predicted octanol–water partition coefficient (Wildman–Crippen LogP) is 2.66. The molecule has 4 nitrogen and oxygen atoms in total. The van der Waals surface area contributed by atoms with Gasteiger partial charge >= 0.3 is 0 Å². The van der Waals surface area contributed by atoms with Crippen LogP contribution in [0, 0.1) is 5.92 Å². The van der Waals surface area contributed by atoms with Crippen LogP contribution in [0.25, 0.3) is 10.9 Å². The summed E-state index contributed by atoms with van der Waals surface area (Å²) < 4.78 is 26.9. The van der Waals surface area contributed by atoms with Gasteiger partial charge in [0.2, 0.25) is 10.0 Å². The van der Waals surface area contributed by atoms with Crippen molar-refractivity contribution in [1.29, 1.82) is 0 Å². The van der Waals surface area contributed by atoms with Crippen LogP contribution in [0.1, 0.15) is 19.8 Å². The van der Waals surface area contributed by atoms with Crippen molar-refractivity contribution in [3.63, 3.8) is 0 Å². The molecule has 5 heteroatoms. The lowest BCUT2D eigenvalue weighted by Crippen LogP contribution is -2.37. The number of benzene rings is 1.